The summed E-state index contributed by atoms with van der Waals surface area (Å²) in [6.45, 7) is -0.582. The van der Waals surface area contributed by atoms with Crippen molar-refractivity contribution < 1.29 is 27.5 Å². The lowest BCUT2D eigenvalue weighted by molar-refractivity contribution is -0.153. The van der Waals surface area contributed by atoms with Gasteiger partial charge in [-0.1, -0.05) is 17.4 Å². The van der Waals surface area contributed by atoms with Gasteiger partial charge in [0, 0.05) is 12.3 Å². The van der Waals surface area contributed by atoms with E-state index in [-0.39, 0.29) is 10.7 Å². The van der Waals surface area contributed by atoms with Crippen molar-refractivity contribution in [2.24, 2.45) is 0 Å². The van der Waals surface area contributed by atoms with Gasteiger partial charge in [0.2, 0.25) is 0 Å². The number of hydrogen-bond acceptors (Lipinski definition) is 4. The second-order valence-corrected chi connectivity index (χ2v) is 6.97. The van der Waals surface area contributed by atoms with Gasteiger partial charge in [-0.25, -0.2) is 14.2 Å². The number of benzene rings is 2. The molecule has 1 heterocycles. The van der Waals surface area contributed by atoms with Crippen LogP contribution >= 0.6 is 11.3 Å². The number of anilines is 2. The van der Waals surface area contributed by atoms with Gasteiger partial charge in [-0.15, -0.1) is 0 Å². The van der Waals surface area contributed by atoms with Crippen LogP contribution in [0.2, 0.25) is 0 Å². The number of halogens is 4. The summed E-state index contributed by atoms with van der Waals surface area (Å²) in [6.07, 6.45) is -4.91. The van der Waals surface area contributed by atoms with Crippen LogP contribution in [0.4, 0.5) is 33.2 Å². The van der Waals surface area contributed by atoms with E-state index in [1.165, 1.54) is 42.5 Å². The van der Waals surface area contributed by atoms with E-state index in [1.54, 1.807) is 0 Å². The molecule has 0 saturated carbocycles. The van der Waals surface area contributed by atoms with Crippen LogP contribution in [0, 0.1) is 5.82 Å². The zero-order valence-corrected chi connectivity index (χ0v) is 15.1. The molecule has 148 valence electrons. The number of hydrogen-bond donors (Lipinski definition) is 3. The van der Waals surface area contributed by atoms with Gasteiger partial charge in [-0.05, 0) is 48.4 Å². The average Bonchev–Trinajstić information content (AvgIpc) is 3.01. The van der Waals surface area contributed by atoms with Crippen LogP contribution in [-0.4, -0.2) is 28.9 Å². The van der Waals surface area contributed by atoms with Gasteiger partial charge < -0.3 is 10.4 Å². The Labute approximate surface area is 161 Å². The second kappa shape index (κ2) is 8.11. The minimum Gasteiger partial charge on any atom is -0.396 e. The molecule has 0 aliphatic carbocycles. The molecule has 0 radical (unpaired) electrons. The first-order chi connectivity index (χ1) is 13.3. The number of nitrogens with zero attached hydrogens (tertiary/aromatic N) is 1. The summed E-state index contributed by atoms with van der Waals surface area (Å²) in [7, 11) is 0. The topological polar surface area (TPSA) is 74.2 Å². The van der Waals surface area contributed by atoms with Gasteiger partial charge >= 0.3 is 12.2 Å². The van der Waals surface area contributed by atoms with Gasteiger partial charge in [0.25, 0.3) is 0 Å². The Kier molecular flexibility index (Phi) is 5.80. The summed E-state index contributed by atoms with van der Waals surface area (Å²) in [5.41, 5.74) is 0.843. The smallest absolute Gasteiger partial charge is 0.395 e. The highest BCUT2D eigenvalue weighted by Gasteiger charge is 2.40. The molecular weight excluding hydrogens is 398 g/mol. The molecule has 28 heavy (non-hydrogen) atoms. The molecule has 2 amide bonds. The molecule has 1 atom stereocenters. The van der Waals surface area contributed by atoms with Crippen molar-refractivity contribution in [1.82, 2.24) is 4.98 Å². The number of carbonyl (C=O) groups excluding carboxylic acids is 1. The fraction of sp³-hybridized carbons (Fsp3) is 0.222. The van der Waals surface area contributed by atoms with Crippen molar-refractivity contribution in [3.63, 3.8) is 0 Å². The van der Waals surface area contributed by atoms with Crippen molar-refractivity contribution in [2.75, 3.05) is 17.2 Å². The Bertz CT molecular complexity index is 973. The number of urea groups is 1. The molecule has 0 bridgehead atoms. The maximum atomic E-state index is 13.2. The summed E-state index contributed by atoms with van der Waals surface area (Å²) < 4.78 is 52.9. The number of fused-ring (bicyclic) bond motifs is 1. The van der Waals surface area contributed by atoms with Crippen molar-refractivity contribution >= 4 is 38.4 Å². The fourth-order valence-corrected chi connectivity index (χ4v) is 3.56. The van der Waals surface area contributed by atoms with E-state index >= 15 is 0 Å². The van der Waals surface area contributed by atoms with Gasteiger partial charge in [0.1, 0.15) is 5.82 Å². The van der Waals surface area contributed by atoms with Crippen LogP contribution in [-0.2, 0) is 0 Å². The predicted molar refractivity (Wildman–Crippen MR) is 99.2 cm³/mol. The molecule has 0 spiro atoms. The first-order valence-corrected chi connectivity index (χ1v) is 8.99. The van der Waals surface area contributed by atoms with Crippen molar-refractivity contribution in [1.29, 1.82) is 0 Å². The first-order valence-electron chi connectivity index (χ1n) is 8.18. The first kappa shape index (κ1) is 20.0. The number of amides is 2. The monoisotopic (exact) mass is 413 g/mol. The Morgan fingerprint density at radius 1 is 1.14 bits per heavy atom. The van der Waals surface area contributed by atoms with E-state index in [0.29, 0.717) is 15.9 Å². The molecule has 0 aliphatic rings. The molecule has 0 aliphatic heterocycles. The number of thiazole rings is 1. The van der Waals surface area contributed by atoms with Crippen LogP contribution in [0.5, 0.6) is 0 Å². The average molecular weight is 413 g/mol. The molecule has 1 aromatic heterocycles. The normalized spacial score (nSPS) is 12.8. The van der Waals surface area contributed by atoms with E-state index in [1.807, 2.05) is 0 Å². The summed E-state index contributed by atoms with van der Waals surface area (Å²) in [5.74, 6) is -2.21. The van der Waals surface area contributed by atoms with Crippen LogP contribution < -0.4 is 10.6 Å². The third-order valence-corrected chi connectivity index (χ3v) is 4.88. The van der Waals surface area contributed by atoms with Crippen molar-refractivity contribution in [2.45, 2.75) is 18.5 Å². The maximum absolute atomic E-state index is 13.2. The van der Waals surface area contributed by atoms with E-state index in [9.17, 15) is 22.4 Å². The van der Waals surface area contributed by atoms with E-state index in [2.05, 4.69) is 15.6 Å². The zero-order valence-electron chi connectivity index (χ0n) is 14.3. The molecule has 0 saturated heterocycles. The largest absolute Gasteiger partial charge is 0.396 e. The zero-order chi connectivity index (χ0) is 20.3. The Balaban J connectivity index is 1.76. The lowest BCUT2D eigenvalue weighted by Crippen LogP contribution is -2.21. The van der Waals surface area contributed by atoms with Crippen molar-refractivity contribution in [3.8, 4) is 0 Å². The Hall–Kier alpha value is -2.72. The highest BCUT2D eigenvalue weighted by molar-refractivity contribution is 7.22. The summed E-state index contributed by atoms with van der Waals surface area (Å²) in [6, 6.07) is 8.67. The highest BCUT2D eigenvalue weighted by atomic mass is 32.1. The molecule has 0 fully saturated rings. The van der Waals surface area contributed by atoms with E-state index in [0.717, 1.165) is 11.3 Å². The molecular formula is C18H15F4N3O2S. The molecule has 3 aromatic rings. The molecule has 1 unspecified atom stereocenters. The number of aliphatic hydroxyl groups excluding tert-OH is 1. The molecule has 3 rings (SSSR count). The lowest BCUT2D eigenvalue weighted by Gasteiger charge is -2.19. The quantitative estimate of drug-likeness (QED) is 0.509. The van der Waals surface area contributed by atoms with Crippen LogP contribution in [0.3, 0.4) is 0 Å². The summed E-state index contributed by atoms with van der Waals surface area (Å²) in [4.78, 5) is 16.2. The predicted octanol–water partition coefficient (Wildman–Crippen LogP) is 5.11. The number of aliphatic hydroxyl groups is 1. The Morgan fingerprint density at radius 2 is 1.86 bits per heavy atom. The van der Waals surface area contributed by atoms with E-state index in [4.69, 9.17) is 5.11 Å². The number of alkyl halides is 3. The van der Waals surface area contributed by atoms with Gasteiger partial charge in [0.15, 0.2) is 5.13 Å². The van der Waals surface area contributed by atoms with Crippen LogP contribution in [0.1, 0.15) is 17.9 Å². The highest BCUT2D eigenvalue weighted by Crippen LogP contribution is 2.39. The SMILES string of the molecule is O=C(Nc1ccc(F)cc1)Nc1nc2ccc(C(CCO)C(F)(F)F)cc2s1. The molecule has 5 nitrogen and oxygen atoms in total. The number of aromatic nitrogens is 1. The van der Waals surface area contributed by atoms with Gasteiger partial charge in [-0.2, -0.15) is 13.2 Å². The lowest BCUT2D eigenvalue weighted by atomic mass is 9.95. The van der Waals surface area contributed by atoms with Crippen LogP contribution in [0.25, 0.3) is 10.2 Å². The molecule has 2 aromatic carbocycles. The van der Waals surface area contributed by atoms with Crippen LogP contribution in [0.15, 0.2) is 42.5 Å². The standard InChI is InChI=1S/C18H15F4N3O2S/c19-11-2-4-12(5-3-11)23-16(27)25-17-24-14-6-1-10(9-15(14)28-17)13(7-8-26)18(20,21)22/h1-6,9,13,26H,7-8H2,(H2,23,24,25,27). The van der Waals surface area contributed by atoms with Crippen molar-refractivity contribution in [3.05, 3.63) is 53.8 Å². The minimum absolute atomic E-state index is 0.0278. The summed E-state index contributed by atoms with van der Waals surface area (Å²) >= 11 is 1.03. The third-order valence-electron chi connectivity index (χ3n) is 3.95. The molecule has 10 heteroatoms. The maximum Gasteiger partial charge on any atom is 0.395 e. The number of rotatable bonds is 5. The minimum atomic E-state index is -4.47. The Morgan fingerprint density at radius 3 is 2.50 bits per heavy atom. The molecule has 3 N–H and O–H groups in total. The van der Waals surface area contributed by atoms with Gasteiger partial charge in [-0.3, -0.25) is 5.32 Å². The van der Waals surface area contributed by atoms with Gasteiger partial charge in [0.05, 0.1) is 16.1 Å². The number of nitrogens with one attached hydrogen (secondary N) is 2. The number of carbonyl (C=O) groups is 1. The summed E-state index contributed by atoms with van der Waals surface area (Å²) in [5, 5.41) is 14.1. The second-order valence-electron chi connectivity index (χ2n) is 5.94. The fourth-order valence-electron chi connectivity index (χ4n) is 2.65. The van der Waals surface area contributed by atoms with E-state index < -0.39 is 37.0 Å². The third kappa shape index (κ3) is 4.76.